The van der Waals surface area contributed by atoms with Crippen molar-refractivity contribution >= 4 is 11.8 Å². The van der Waals surface area contributed by atoms with E-state index in [1.165, 1.54) is 12.2 Å². The Morgan fingerprint density at radius 2 is 1.67 bits per heavy atom. The summed E-state index contributed by atoms with van der Waals surface area (Å²) in [6.07, 6.45) is 4.30. The first-order valence-corrected chi connectivity index (χ1v) is 3.76. The van der Waals surface area contributed by atoms with Crippen LogP contribution in [0.3, 0.4) is 0 Å². The fraction of sp³-hybridized carbons (Fsp3) is 0.333. The minimum absolute atomic E-state index is 0.179. The van der Waals surface area contributed by atoms with Gasteiger partial charge in [-0.2, -0.15) is 4.48 Å². The normalized spacial score (nSPS) is 19.9. The summed E-state index contributed by atoms with van der Waals surface area (Å²) in [7, 11) is 1.59. The maximum atomic E-state index is 11.3. The van der Waals surface area contributed by atoms with E-state index in [0.29, 0.717) is 0 Å². The highest BCUT2D eigenvalue weighted by Crippen LogP contribution is 2.16. The molecule has 0 bridgehead atoms. The maximum absolute atomic E-state index is 11.3. The molecule has 0 spiro atoms. The molecule has 1 aliphatic heterocycles. The molecule has 0 unspecified atom stereocenters. The fourth-order valence-electron chi connectivity index (χ4n) is 1.20. The first-order valence-electron chi connectivity index (χ1n) is 3.76. The van der Waals surface area contributed by atoms with E-state index in [1.54, 1.807) is 13.2 Å². The molecule has 0 saturated carbocycles. The molecule has 0 aromatic heterocycles. The van der Waals surface area contributed by atoms with Crippen molar-refractivity contribution in [1.29, 1.82) is 0 Å². The number of likely N-dealkylation sites (N-methyl/N-ethyl adjacent to an activating group) is 1. The number of rotatable bonds is 1. The lowest BCUT2D eigenvalue weighted by molar-refractivity contribution is -0.693. The lowest BCUT2D eigenvalue weighted by Gasteiger charge is -2.18. The van der Waals surface area contributed by atoms with Crippen LogP contribution < -0.4 is 0 Å². The van der Waals surface area contributed by atoms with E-state index in [0.717, 1.165) is 5.57 Å². The summed E-state index contributed by atoms with van der Waals surface area (Å²) >= 11 is 0. The Balaban J connectivity index is 3.08. The Bertz CT molecular complexity index is 278. The predicted octanol–water partition coefficient (Wildman–Crippen LogP) is 0.980. The molecule has 0 aliphatic carbocycles. The monoisotopic (exact) mass is 166 g/mol. The number of nitrogens with zero attached hydrogens (tertiary/aromatic N) is 1. The second-order valence-electron chi connectivity index (χ2n) is 3.29. The van der Waals surface area contributed by atoms with Crippen molar-refractivity contribution in [3.8, 4) is 0 Å². The van der Waals surface area contributed by atoms with Gasteiger partial charge in [-0.1, -0.05) is 0 Å². The van der Waals surface area contributed by atoms with E-state index in [-0.39, 0.29) is 16.3 Å². The van der Waals surface area contributed by atoms with Crippen LogP contribution in [0.4, 0.5) is 0 Å². The second-order valence-corrected chi connectivity index (χ2v) is 3.29. The van der Waals surface area contributed by atoms with Gasteiger partial charge in [0.25, 0.3) is 0 Å². The number of imide groups is 1. The van der Waals surface area contributed by atoms with Gasteiger partial charge in [0.05, 0.1) is 19.2 Å². The molecule has 3 heteroatoms. The molecule has 1 aliphatic rings. The fourth-order valence-corrected chi connectivity index (χ4v) is 1.20. The largest absolute Gasteiger partial charge is 0.351 e. The molecule has 1 heterocycles. The number of amides is 2. The highest BCUT2D eigenvalue weighted by molar-refractivity contribution is 6.04. The number of hydrogen-bond donors (Lipinski definition) is 0. The molecule has 3 nitrogen and oxygen atoms in total. The molecule has 64 valence electrons. The number of hydrogen-bond acceptors (Lipinski definition) is 2. The van der Waals surface area contributed by atoms with Crippen molar-refractivity contribution in [3.05, 3.63) is 23.9 Å². The van der Waals surface area contributed by atoms with Crippen LogP contribution in [0.15, 0.2) is 23.9 Å². The topological polar surface area (TPSA) is 34.1 Å². The predicted molar refractivity (Wildman–Crippen MR) is 44.8 cm³/mol. The van der Waals surface area contributed by atoms with Crippen LogP contribution in [0, 0.1) is 0 Å². The first kappa shape index (κ1) is 8.87. The summed E-state index contributed by atoms with van der Waals surface area (Å²) in [5.41, 5.74) is 0.961. The van der Waals surface area contributed by atoms with Gasteiger partial charge >= 0.3 is 11.8 Å². The molecule has 0 N–H and O–H groups in total. The summed E-state index contributed by atoms with van der Waals surface area (Å²) in [5, 5.41) is 0. The lowest BCUT2D eigenvalue weighted by Crippen LogP contribution is -2.44. The molecular formula is C9H12NO2+. The molecule has 0 saturated heterocycles. The van der Waals surface area contributed by atoms with Crippen LogP contribution in [-0.4, -0.2) is 23.3 Å². The highest BCUT2D eigenvalue weighted by Gasteiger charge is 2.40. The van der Waals surface area contributed by atoms with Gasteiger partial charge in [0.1, 0.15) is 6.20 Å². The summed E-state index contributed by atoms with van der Waals surface area (Å²) in [5.74, 6) is -0.359. The quantitative estimate of drug-likeness (QED) is 0.430. The van der Waals surface area contributed by atoms with Gasteiger partial charge in [-0.3, -0.25) is 0 Å². The van der Waals surface area contributed by atoms with E-state index < -0.39 is 0 Å². The second kappa shape index (κ2) is 2.68. The zero-order valence-corrected chi connectivity index (χ0v) is 7.50. The summed E-state index contributed by atoms with van der Waals surface area (Å²) in [6.45, 7) is 3.73. The molecule has 2 amide bonds. The van der Waals surface area contributed by atoms with E-state index in [2.05, 4.69) is 0 Å². The van der Waals surface area contributed by atoms with Crippen molar-refractivity contribution < 1.29 is 14.1 Å². The Kier molecular flexibility index (Phi) is 1.98. The summed E-state index contributed by atoms with van der Waals surface area (Å²) < 4.78 is -0.248. The average molecular weight is 166 g/mol. The van der Waals surface area contributed by atoms with Gasteiger partial charge in [-0.25, -0.2) is 9.59 Å². The van der Waals surface area contributed by atoms with Gasteiger partial charge in [0.2, 0.25) is 0 Å². The third kappa shape index (κ3) is 1.23. The summed E-state index contributed by atoms with van der Waals surface area (Å²) in [4.78, 5) is 22.5. The molecule has 0 fully saturated rings. The van der Waals surface area contributed by atoms with Crippen molar-refractivity contribution in [2.75, 3.05) is 7.05 Å². The molecule has 0 radical (unpaired) electrons. The molecular weight excluding hydrogens is 154 g/mol. The molecule has 12 heavy (non-hydrogen) atoms. The number of allylic oxidation sites excluding steroid dienone is 1. The van der Waals surface area contributed by atoms with Crippen LogP contribution in [0.2, 0.25) is 0 Å². The third-order valence-corrected chi connectivity index (χ3v) is 1.80. The standard InChI is InChI=1S/C9H12NO2/c1-7(2)6-10(3)8(11)4-5-9(10)12/h4-6H,1-3H3/q+1. The summed E-state index contributed by atoms with van der Waals surface area (Å²) in [6, 6.07) is 0. The van der Waals surface area contributed by atoms with E-state index >= 15 is 0 Å². The SMILES string of the molecule is CC(C)=C[N+]1(C)C(=O)C=CC1=O. The van der Waals surface area contributed by atoms with Crippen LogP contribution in [0.25, 0.3) is 0 Å². The van der Waals surface area contributed by atoms with Crippen molar-refractivity contribution in [3.63, 3.8) is 0 Å². The van der Waals surface area contributed by atoms with Gasteiger partial charge < -0.3 is 0 Å². The molecule has 0 aromatic carbocycles. The Morgan fingerprint density at radius 1 is 1.25 bits per heavy atom. The van der Waals surface area contributed by atoms with Crippen LogP contribution >= 0.6 is 0 Å². The Labute approximate surface area is 71.6 Å². The smallest absolute Gasteiger partial charge is 0.225 e. The number of carbonyl (C=O) groups is 2. The third-order valence-electron chi connectivity index (χ3n) is 1.80. The van der Waals surface area contributed by atoms with Crippen LogP contribution in [-0.2, 0) is 9.59 Å². The number of carbonyl (C=O) groups excluding carboxylic acids is 2. The highest BCUT2D eigenvalue weighted by atomic mass is 16.2. The van der Waals surface area contributed by atoms with Crippen LogP contribution in [0.5, 0.6) is 0 Å². The molecule has 0 aromatic rings. The van der Waals surface area contributed by atoms with Crippen molar-refractivity contribution in [2.45, 2.75) is 13.8 Å². The van der Waals surface area contributed by atoms with Crippen molar-refractivity contribution in [2.24, 2.45) is 0 Å². The van der Waals surface area contributed by atoms with E-state index in [9.17, 15) is 9.59 Å². The zero-order chi connectivity index (χ0) is 9.35. The van der Waals surface area contributed by atoms with Gasteiger partial charge in [0, 0.05) is 0 Å². The zero-order valence-electron chi connectivity index (χ0n) is 7.50. The van der Waals surface area contributed by atoms with Crippen LogP contribution in [0.1, 0.15) is 13.8 Å². The average Bonchev–Trinajstić information content (AvgIpc) is 2.16. The number of quaternary nitrogens is 1. The Morgan fingerprint density at radius 3 is 2.00 bits per heavy atom. The van der Waals surface area contributed by atoms with Gasteiger partial charge in [0.15, 0.2) is 0 Å². The van der Waals surface area contributed by atoms with E-state index in [1.807, 2.05) is 13.8 Å². The molecule has 1 rings (SSSR count). The lowest BCUT2D eigenvalue weighted by atomic mass is 10.3. The Hall–Kier alpha value is -1.22. The minimum Gasteiger partial charge on any atom is -0.225 e. The molecule has 0 atom stereocenters. The maximum Gasteiger partial charge on any atom is 0.351 e. The van der Waals surface area contributed by atoms with Gasteiger partial charge in [-0.05, 0) is 19.4 Å². The first-order chi connectivity index (χ1) is 5.47. The minimum atomic E-state index is -0.248. The van der Waals surface area contributed by atoms with E-state index in [4.69, 9.17) is 0 Å². The van der Waals surface area contributed by atoms with Gasteiger partial charge in [-0.15, -0.1) is 0 Å². The van der Waals surface area contributed by atoms with Crippen molar-refractivity contribution in [1.82, 2.24) is 0 Å².